The minimum absolute atomic E-state index is 0.812. The highest BCUT2D eigenvalue weighted by Crippen LogP contribution is 2.20. The molecule has 1 aliphatic carbocycles. The number of aromatic nitrogens is 1. The zero-order chi connectivity index (χ0) is 9.80. The Morgan fingerprint density at radius 1 is 1.29 bits per heavy atom. The summed E-state index contributed by atoms with van der Waals surface area (Å²) in [5.74, 6) is 1.83. The van der Waals surface area contributed by atoms with Crippen molar-refractivity contribution < 1.29 is 4.74 Å². The summed E-state index contributed by atoms with van der Waals surface area (Å²) >= 11 is 0. The summed E-state index contributed by atoms with van der Waals surface area (Å²) in [5.41, 5.74) is 1.41. The van der Waals surface area contributed by atoms with Gasteiger partial charge in [0.25, 0.3) is 0 Å². The Labute approximate surface area is 83.9 Å². The third-order valence-electron chi connectivity index (χ3n) is 2.20. The molecule has 1 aromatic rings. The largest absolute Gasteiger partial charge is 0.460 e. The number of allylic oxidation sites excluding steroid dienone is 4. The second-order valence-corrected chi connectivity index (χ2v) is 3.44. The number of nitrogens with zero attached hydrogens (tertiary/aromatic N) is 1. The summed E-state index contributed by atoms with van der Waals surface area (Å²) < 4.78 is 5.66. The highest BCUT2D eigenvalue weighted by atomic mass is 16.5. The van der Waals surface area contributed by atoms with Crippen molar-refractivity contribution in [1.82, 2.24) is 4.98 Å². The molecule has 2 nitrogen and oxygen atoms in total. The summed E-state index contributed by atoms with van der Waals surface area (Å²) in [6.45, 7) is 2.14. The van der Waals surface area contributed by atoms with Crippen molar-refractivity contribution in [1.29, 1.82) is 0 Å². The van der Waals surface area contributed by atoms with Crippen molar-refractivity contribution in [2.75, 3.05) is 0 Å². The molecule has 0 amide bonds. The molecule has 1 aromatic heterocycles. The average Bonchev–Trinajstić information content (AvgIpc) is 2.23. The number of ether oxygens (including phenoxy) is 1. The van der Waals surface area contributed by atoms with Crippen LogP contribution < -0.4 is 4.74 Å². The van der Waals surface area contributed by atoms with E-state index in [1.165, 1.54) is 5.57 Å². The van der Waals surface area contributed by atoms with E-state index in [0.29, 0.717) is 0 Å². The maximum Gasteiger partial charge on any atom is 0.145 e. The van der Waals surface area contributed by atoms with E-state index in [9.17, 15) is 0 Å². The zero-order valence-corrected chi connectivity index (χ0v) is 8.23. The molecular formula is C12H13NO. The third kappa shape index (κ3) is 2.22. The molecule has 0 atom stereocenters. The van der Waals surface area contributed by atoms with E-state index in [1.807, 2.05) is 18.2 Å². The van der Waals surface area contributed by atoms with Crippen LogP contribution in [0.25, 0.3) is 0 Å². The number of pyridine rings is 1. The van der Waals surface area contributed by atoms with Gasteiger partial charge in [0.1, 0.15) is 11.5 Å². The summed E-state index contributed by atoms with van der Waals surface area (Å²) in [5, 5.41) is 0. The first-order valence-electron chi connectivity index (χ1n) is 4.79. The van der Waals surface area contributed by atoms with Crippen molar-refractivity contribution in [2.24, 2.45) is 0 Å². The second kappa shape index (κ2) is 4.09. The van der Waals surface area contributed by atoms with E-state index in [0.717, 1.165) is 24.4 Å². The Morgan fingerprint density at radius 2 is 2.21 bits per heavy atom. The van der Waals surface area contributed by atoms with Crippen molar-refractivity contribution >= 4 is 0 Å². The predicted octanol–water partition coefficient (Wildman–Crippen LogP) is 3.08. The number of hydrogen-bond donors (Lipinski definition) is 0. The monoisotopic (exact) mass is 187 g/mol. The molecule has 0 aliphatic heterocycles. The molecule has 0 saturated carbocycles. The van der Waals surface area contributed by atoms with Crippen molar-refractivity contribution in [3.8, 4) is 5.75 Å². The van der Waals surface area contributed by atoms with Gasteiger partial charge >= 0.3 is 0 Å². The smallest absolute Gasteiger partial charge is 0.145 e. The van der Waals surface area contributed by atoms with E-state index in [4.69, 9.17) is 4.74 Å². The molecule has 0 saturated heterocycles. The predicted molar refractivity (Wildman–Crippen MR) is 55.9 cm³/mol. The lowest BCUT2D eigenvalue weighted by atomic mass is 10.1. The van der Waals surface area contributed by atoms with Crippen LogP contribution in [-0.2, 0) is 0 Å². The minimum Gasteiger partial charge on any atom is -0.460 e. The molecule has 0 aromatic carbocycles. The summed E-state index contributed by atoms with van der Waals surface area (Å²) in [6.07, 6.45) is 9.68. The Balaban J connectivity index is 2.06. The third-order valence-corrected chi connectivity index (χ3v) is 2.20. The lowest BCUT2D eigenvalue weighted by molar-refractivity contribution is 0.399. The zero-order valence-electron chi connectivity index (χ0n) is 8.23. The quantitative estimate of drug-likeness (QED) is 0.709. The first kappa shape index (κ1) is 9.00. The molecule has 2 heteroatoms. The van der Waals surface area contributed by atoms with Crippen LogP contribution in [0.4, 0.5) is 0 Å². The van der Waals surface area contributed by atoms with Gasteiger partial charge in [-0.2, -0.15) is 0 Å². The summed E-state index contributed by atoms with van der Waals surface area (Å²) in [7, 11) is 0. The molecule has 72 valence electrons. The Hall–Kier alpha value is -1.57. The molecule has 0 radical (unpaired) electrons. The first-order chi connectivity index (χ1) is 6.84. The normalized spacial score (nSPS) is 15.8. The van der Waals surface area contributed by atoms with E-state index in [2.05, 4.69) is 18.0 Å². The van der Waals surface area contributed by atoms with Gasteiger partial charge < -0.3 is 4.74 Å². The molecule has 1 heterocycles. The SMILES string of the molecule is CC1=CC=C(Oc2cccnc2)CC1. The van der Waals surface area contributed by atoms with E-state index >= 15 is 0 Å². The molecule has 0 fully saturated rings. The van der Waals surface area contributed by atoms with Crippen molar-refractivity contribution in [2.45, 2.75) is 19.8 Å². The first-order valence-corrected chi connectivity index (χ1v) is 4.79. The average molecular weight is 187 g/mol. The highest BCUT2D eigenvalue weighted by molar-refractivity contribution is 5.24. The molecule has 2 rings (SSSR count). The van der Waals surface area contributed by atoms with Gasteiger partial charge in [-0.1, -0.05) is 11.6 Å². The lowest BCUT2D eigenvalue weighted by Crippen LogP contribution is -1.99. The fourth-order valence-corrected chi connectivity index (χ4v) is 1.37. The van der Waals surface area contributed by atoms with Crippen LogP contribution >= 0.6 is 0 Å². The van der Waals surface area contributed by atoms with Gasteiger partial charge in [0.15, 0.2) is 0 Å². The highest BCUT2D eigenvalue weighted by Gasteiger charge is 2.04. The van der Waals surface area contributed by atoms with Gasteiger partial charge in [-0.15, -0.1) is 0 Å². The molecule has 0 N–H and O–H groups in total. The van der Waals surface area contributed by atoms with Crippen LogP contribution in [0.3, 0.4) is 0 Å². The Bertz CT molecular complexity index is 365. The number of rotatable bonds is 2. The topological polar surface area (TPSA) is 22.1 Å². The van der Waals surface area contributed by atoms with Gasteiger partial charge in [0, 0.05) is 12.6 Å². The van der Waals surface area contributed by atoms with Crippen LogP contribution in [-0.4, -0.2) is 4.98 Å². The van der Waals surface area contributed by atoms with Crippen LogP contribution in [0.15, 0.2) is 48.0 Å². The number of hydrogen-bond acceptors (Lipinski definition) is 2. The Morgan fingerprint density at radius 3 is 2.86 bits per heavy atom. The molecule has 0 bridgehead atoms. The fourth-order valence-electron chi connectivity index (χ4n) is 1.37. The molecule has 0 unspecified atom stereocenters. The van der Waals surface area contributed by atoms with Crippen molar-refractivity contribution in [3.05, 3.63) is 48.0 Å². The van der Waals surface area contributed by atoms with Crippen LogP contribution in [0.2, 0.25) is 0 Å². The van der Waals surface area contributed by atoms with E-state index < -0.39 is 0 Å². The van der Waals surface area contributed by atoms with Crippen LogP contribution in [0, 0.1) is 0 Å². The van der Waals surface area contributed by atoms with E-state index in [-0.39, 0.29) is 0 Å². The van der Waals surface area contributed by atoms with Crippen LogP contribution in [0.1, 0.15) is 19.8 Å². The van der Waals surface area contributed by atoms with Crippen LogP contribution in [0.5, 0.6) is 5.75 Å². The van der Waals surface area contributed by atoms with Gasteiger partial charge in [-0.25, -0.2) is 0 Å². The standard InChI is InChI=1S/C12H13NO/c1-10-4-6-11(7-5-10)14-12-3-2-8-13-9-12/h2-4,6,8-9H,5,7H2,1H3. The molecule has 1 aliphatic rings. The van der Waals surface area contributed by atoms with Gasteiger partial charge in [-0.3, -0.25) is 4.98 Å². The maximum atomic E-state index is 5.66. The molecule has 14 heavy (non-hydrogen) atoms. The van der Waals surface area contributed by atoms with Gasteiger partial charge in [0.2, 0.25) is 0 Å². The molecule has 0 spiro atoms. The van der Waals surface area contributed by atoms with Gasteiger partial charge in [-0.05, 0) is 31.6 Å². The molecular weight excluding hydrogens is 174 g/mol. The summed E-state index contributed by atoms with van der Waals surface area (Å²) in [4.78, 5) is 4.00. The van der Waals surface area contributed by atoms with Gasteiger partial charge in [0.05, 0.1) is 6.20 Å². The van der Waals surface area contributed by atoms with E-state index in [1.54, 1.807) is 12.4 Å². The Kier molecular flexibility index (Phi) is 2.63. The lowest BCUT2D eigenvalue weighted by Gasteiger charge is -2.12. The second-order valence-electron chi connectivity index (χ2n) is 3.44. The summed E-state index contributed by atoms with van der Waals surface area (Å²) in [6, 6.07) is 3.79. The maximum absolute atomic E-state index is 5.66. The van der Waals surface area contributed by atoms with Crippen molar-refractivity contribution in [3.63, 3.8) is 0 Å². The minimum atomic E-state index is 0.812. The fraction of sp³-hybridized carbons (Fsp3) is 0.250.